The Balaban J connectivity index is 0. The third kappa shape index (κ3) is 5.34. The van der Waals surface area contributed by atoms with Crippen molar-refractivity contribution in [2.45, 2.75) is 61.3 Å². The van der Waals surface area contributed by atoms with Gasteiger partial charge in [-0.3, -0.25) is 0 Å². The third-order valence-corrected chi connectivity index (χ3v) is 2.41. The second-order valence-corrected chi connectivity index (χ2v) is 3.66. The van der Waals surface area contributed by atoms with Crippen molar-refractivity contribution >= 4 is 0 Å². The first kappa shape index (κ1) is 17.6. The lowest BCUT2D eigenvalue weighted by Gasteiger charge is -2.20. The quantitative estimate of drug-likeness (QED) is 0.544. The van der Waals surface area contributed by atoms with Crippen molar-refractivity contribution in [1.29, 1.82) is 0 Å². The van der Waals surface area contributed by atoms with Gasteiger partial charge in [0.15, 0.2) is 0 Å². The second kappa shape index (κ2) is 10.7. The minimum absolute atomic E-state index is 0.623. The minimum atomic E-state index is 0.623. The van der Waals surface area contributed by atoms with Crippen LogP contribution in [0.15, 0.2) is 35.5 Å². The van der Waals surface area contributed by atoms with E-state index in [1.54, 1.807) is 5.57 Å². The minimum Gasteiger partial charge on any atom is -0.0915 e. The maximum absolute atomic E-state index is 4.07. The molecule has 16 heavy (non-hydrogen) atoms. The van der Waals surface area contributed by atoms with Gasteiger partial charge in [-0.05, 0) is 29.9 Å². The zero-order valence-electron chi connectivity index (χ0n) is 12.4. The molecule has 0 nitrogen and oxygen atoms in total. The topological polar surface area (TPSA) is 0 Å². The van der Waals surface area contributed by atoms with Crippen LogP contribution in [-0.2, 0) is 0 Å². The molecule has 0 spiro atoms. The van der Waals surface area contributed by atoms with Gasteiger partial charge in [0, 0.05) is 0 Å². The fraction of sp³-hybridized carbons (Fsp3) is 0.625. The van der Waals surface area contributed by atoms with E-state index < -0.39 is 0 Å². The zero-order chi connectivity index (χ0) is 13.1. The molecule has 0 atom stereocenters. The molecule has 0 aromatic rings. The van der Waals surface area contributed by atoms with E-state index in [2.05, 4.69) is 39.5 Å². The van der Waals surface area contributed by atoms with Gasteiger partial charge in [0.25, 0.3) is 0 Å². The monoisotopic (exact) mass is 222 g/mol. The molecule has 0 aromatic heterocycles. The molecule has 1 aliphatic rings. The Morgan fingerprint density at radius 3 is 2.00 bits per heavy atom. The summed E-state index contributed by atoms with van der Waals surface area (Å²) < 4.78 is 0. The molecule has 1 aliphatic carbocycles. The lowest BCUT2D eigenvalue weighted by Crippen LogP contribution is -2.03. The summed E-state index contributed by atoms with van der Waals surface area (Å²) in [6.07, 6.45) is 6.65. The molecule has 0 radical (unpaired) electrons. The van der Waals surface area contributed by atoms with Gasteiger partial charge in [-0.25, -0.2) is 0 Å². The molecular formula is C16H30. The predicted molar refractivity (Wildman–Crippen MR) is 77.7 cm³/mol. The molecule has 0 amide bonds. The van der Waals surface area contributed by atoms with Crippen LogP contribution in [0.5, 0.6) is 0 Å². The standard InChI is InChI=1S/C12H18.2C2H6/c1-5-11-8-6-7-10(4)12(11)9(2)3;2*1-2/h6-7,9H,4-5,8H2,1-3H3;2*1-2H3. The summed E-state index contributed by atoms with van der Waals surface area (Å²) >= 11 is 0. The van der Waals surface area contributed by atoms with E-state index in [9.17, 15) is 0 Å². The Labute approximate surface area is 103 Å². The average Bonchev–Trinajstić information content (AvgIpc) is 2.33. The van der Waals surface area contributed by atoms with Crippen LogP contribution in [0, 0.1) is 5.92 Å². The first-order valence-electron chi connectivity index (χ1n) is 6.74. The van der Waals surface area contributed by atoms with Crippen molar-refractivity contribution in [3.8, 4) is 0 Å². The molecule has 0 aliphatic heterocycles. The Bertz CT molecular complexity index is 239. The summed E-state index contributed by atoms with van der Waals surface area (Å²) in [5.74, 6) is 0.623. The molecule has 0 N–H and O–H groups in total. The van der Waals surface area contributed by atoms with Crippen molar-refractivity contribution < 1.29 is 0 Å². The molecule has 0 saturated heterocycles. The van der Waals surface area contributed by atoms with Crippen LogP contribution in [0.4, 0.5) is 0 Å². The summed E-state index contributed by atoms with van der Waals surface area (Å²) in [6, 6.07) is 0. The maximum atomic E-state index is 4.07. The smallest absolute Gasteiger partial charge is 0.0129 e. The molecule has 1 rings (SSSR count). The van der Waals surface area contributed by atoms with Gasteiger partial charge in [-0.1, -0.05) is 72.8 Å². The first-order chi connectivity index (χ1) is 7.66. The van der Waals surface area contributed by atoms with E-state index >= 15 is 0 Å². The van der Waals surface area contributed by atoms with E-state index in [0.717, 1.165) is 12.8 Å². The molecule has 0 heteroatoms. The Morgan fingerprint density at radius 2 is 1.69 bits per heavy atom. The normalized spacial score (nSPS) is 14.1. The van der Waals surface area contributed by atoms with Gasteiger partial charge in [0.2, 0.25) is 0 Å². The summed E-state index contributed by atoms with van der Waals surface area (Å²) in [5.41, 5.74) is 4.27. The number of hydrogen-bond donors (Lipinski definition) is 0. The summed E-state index contributed by atoms with van der Waals surface area (Å²) in [5, 5.41) is 0. The van der Waals surface area contributed by atoms with Crippen molar-refractivity contribution in [3.63, 3.8) is 0 Å². The predicted octanol–water partition coefficient (Wildman–Crippen LogP) is 5.92. The van der Waals surface area contributed by atoms with Gasteiger partial charge >= 0.3 is 0 Å². The molecule has 0 aromatic carbocycles. The van der Waals surface area contributed by atoms with Crippen LogP contribution in [0.25, 0.3) is 0 Å². The lowest BCUT2D eigenvalue weighted by molar-refractivity contribution is 0.751. The van der Waals surface area contributed by atoms with E-state index in [1.807, 2.05) is 27.7 Å². The zero-order valence-corrected chi connectivity index (χ0v) is 12.4. The van der Waals surface area contributed by atoms with Crippen molar-refractivity contribution in [3.05, 3.63) is 35.5 Å². The van der Waals surface area contributed by atoms with Crippen LogP contribution < -0.4 is 0 Å². The first-order valence-corrected chi connectivity index (χ1v) is 6.74. The lowest BCUT2D eigenvalue weighted by atomic mass is 9.85. The van der Waals surface area contributed by atoms with Gasteiger partial charge in [0.1, 0.15) is 0 Å². The highest BCUT2D eigenvalue weighted by Crippen LogP contribution is 2.30. The summed E-state index contributed by atoms with van der Waals surface area (Å²) in [7, 11) is 0. The number of rotatable bonds is 2. The van der Waals surface area contributed by atoms with Crippen molar-refractivity contribution in [1.82, 2.24) is 0 Å². The highest BCUT2D eigenvalue weighted by molar-refractivity contribution is 5.45. The largest absolute Gasteiger partial charge is 0.0915 e. The fourth-order valence-corrected chi connectivity index (χ4v) is 1.88. The Kier molecular flexibility index (Phi) is 11.8. The SMILES string of the molecule is C=C1C=CCC(CC)=C1C(C)C.CC.CC. The molecule has 0 unspecified atom stereocenters. The number of allylic oxidation sites excluding steroid dienone is 5. The Hall–Kier alpha value is -0.780. The van der Waals surface area contributed by atoms with Gasteiger partial charge in [-0.2, -0.15) is 0 Å². The van der Waals surface area contributed by atoms with Crippen LogP contribution in [-0.4, -0.2) is 0 Å². The molecule has 94 valence electrons. The summed E-state index contributed by atoms with van der Waals surface area (Å²) in [4.78, 5) is 0. The van der Waals surface area contributed by atoms with Gasteiger partial charge in [-0.15, -0.1) is 0 Å². The second-order valence-electron chi connectivity index (χ2n) is 3.66. The van der Waals surface area contributed by atoms with Crippen LogP contribution in [0.3, 0.4) is 0 Å². The fourth-order valence-electron chi connectivity index (χ4n) is 1.88. The van der Waals surface area contributed by atoms with E-state index in [1.165, 1.54) is 11.1 Å². The Morgan fingerprint density at radius 1 is 1.19 bits per heavy atom. The van der Waals surface area contributed by atoms with Gasteiger partial charge in [0.05, 0.1) is 0 Å². The average molecular weight is 222 g/mol. The van der Waals surface area contributed by atoms with Gasteiger partial charge < -0.3 is 0 Å². The third-order valence-electron chi connectivity index (χ3n) is 2.41. The van der Waals surface area contributed by atoms with E-state index in [0.29, 0.717) is 5.92 Å². The number of hydrogen-bond acceptors (Lipinski definition) is 0. The van der Waals surface area contributed by atoms with Crippen molar-refractivity contribution in [2.75, 3.05) is 0 Å². The van der Waals surface area contributed by atoms with E-state index in [-0.39, 0.29) is 0 Å². The molecule has 0 fully saturated rings. The van der Waals surface area contributed by atoms with Crippen LogP contribution in [0.2, 0.25) is 0 Å². The van der Waals surface area contributed by atoms with Crippen LogP contribution >= 0.6 is 0 Å². The molecule has 0 heterocycles. The maximum Gasteiger partial charge on any atom is -0.0129 e. The highest BCUT2D eigenvalue weighted by Gasteiger charge is 2.13. The molecule has 0 bridgehead atoms. The van der Waals surface area contributed by atoms with Crippen LogP contribution in [0.1, 0.15) is 61.3 Å². The van der Waals surface area contributed by atoms with Crippen molar-refractivity contribution in [2.24, 2.45) is 5.92 Å². The summed E-state index contributed by atoms with van der Waals surface area (Å²) in [6.45, 7) is 18.8. The molecule has 0 saturated carbocycles. The highest BCUT2D eigenvalue weighted by atomic mass is 14.2. The molecular weight excluding hydrogens is 192 g/mol. The van der Waals surface area contributed by atoms with E-state index in [4.69, 9.17) is 0 Å².